The van der Waals surface area contributed by atoms with Crippen molar-refractivity contribution in [1.29, 1.82) is 0 Å². The van der Waals surface area contributed by atoms with Gasteiger partial charge in [-0.2, -0.15) is 0 Å². The van der Waals surface area contributed by atoms with Crippen molar-refractivity contribution >= 4 is 27.5 Å². The number of rotatable bonds is 3. The van der Waals surface area contributed by atoms with Crippen LogP contribution in [0.1, 0.15) is 12.0 Å². The third-order valence-electron chi connectivity index (χ3n) is 3.41. The predicted octanol–water partition coefficient (Wildman–Crippen LogP) is 4.16. The van der Waals surface area contributed by atoms with Gasteiger partial charge in [-0.25, -0.2) is 0 Å². The summed E-state index contributed by atoms with van der Waals surface area (Å²) in [5, 5.41) is 0. The van der Waals surface area contributed by atoms with Crippen molar-refractivity contribution in [1.82, 2.24) is 0 Å². The Morgan fingerprint density at radius 2 is 2.05 bits per heavy atom. The molecule has 0 fully saturated rings. The molecule has 1 amide bonds. The monoisotopic (exact) mass is 317 g/mol. The van der Waals surface area contributed by atoms with Gasteiger partial charge in [-0.05, 0) is 36.6 Å². The van der Waals surface area contributed by atoms with Crippen LogP contribution in [-0.2, 0) is 4.79 Å². The smallest absolute Gasteiger partial charge is 0.258 e. The fourth-order valence-corrected chi connectivity index (χ4v) is 2.66. The van der Waals surface area contributed by atoms with Crippen LogP contribution in [0.4, 0.5) is 5.69 Å². The molecule has 1 aromatic rings. The Labute approximate surface area is 122 Å². The van der Waals surface area contributed by atoms with Gasteiger partial charge in [0, 0.05) is 22.3 Å². The van der Waals surface area contributed by atoms with Crippen LogP contribution in [0.5, 0.6) is 0 Å². The molecule has 0 unspecified atom stereocenters. The molecule has 0 N–H and O–H groups in total. The lowest BCUT2D eigenvalue weighted by Gasteiger charge is -2.30. The summed E-state index contributed by atoms with van der Waals surface area (Å²) in [4.78, 5) is 14.3. The van der Waals surface area contributed by atoms with Gasteiger partial charge in [-0.1, -0.05) is 47.3 Å². The summed E-state index contributed by atoms with van der Waals surface area (Å²) < 4.78 is 1.01. The molecule has 0 spiro atoms. The molecule has 0 saturated carbocycles. The second kappa shape index (κ2) is 5.57. The lowest BCUT2D eigenvalue weighted by atomic mass is 9.98. The number of carbonyl (C=O) groups is 1. The highest BCUT2D eigenvalue weighted by Crippen LogP contribution is 2.31. The molecule has 98 valence electrons. The minimum Gasteiger partial charge on any atom is -0.308 e. The minimum absolute atomic E-state index is 0.00245. The Kier molecular flexibility index (Phi) is 4.05. The van der Waals surface area contributed by atoms with Crippen molar-refractivity contribution < 1.29 is 4.79 Å². The number of carbonyl (C=O) groups excluding carboxylic acids is 1. The highest BCUT2D eigenvalue weighted by atomic mass is 79.9. The summed E-state index contributed by atoms with van der Waals surface area (Å²) in [5.41, 5.74) is 3.65. The molecule has 1 aliphatic heterocycles. The van der Waals surface area contributed by atoms with Crippen LogP contribution < -0.4 is 4.90 Å². The molecule has 0 aliphatic carbocycles. The summed E-state index contributed by atoms with van der Waals surface area (Å²) in [7, 11) is 0. The van der Waals surface area contributed by atoms with E-state index in [4.69, 9.17) is 0 Å². The fourth-order valence-electron chi connectivity index (χ4n) is 2.30. The maximum Gasteiger partial charge on any atom is 0.258 e. The average molecular weight is 318 g/mol. The van der Waals surface area contributed by atoms with Crippen LogP contribution >= 0.6 is 15.9 Å². The van der Waals surface area contributed by atoms with Crippen molar-refractivity contribution in [2.45, 2.75) is 13.3 Å². The van der Waals surface area contributed by atoms with Crippen LogP contribution in [0, 0.1) is 6.92 Å². The van der Waals surface area contributed by atoms with Crippen molar-refractivity contribution in [3.05, 3.63) is 64.7 Å². The van der Waals surface area contributed by atoms with E-state index in [-0.39, 0.29) is 5.91 Å². The Balaban J connectivity index is 2.47. The molecule has 3 heteroatoms. The van der Waals surface area contributed by atoms with Gasteiger partial charge < -0.3 is 4.90 Å². The van der Waals surface area contributed by atoms with E-state index in [2.05, 4.69) is 29.1 Å². The maximum absolute atomic E-state index is 12.5. The van der Waals surface area contributed by atoms with Gasteiger partial charge in [0.05, 0.1) is 0 Å². The van der Waals surface area contributed by atoms with Gasteiger partial charge in [0.1, 0.15) is 0 Å². The van der Waals surface area contributed by atoms with E-state index in [1.165, 1.54) is 0 Å². The molecular formula is C16H16BrNO. The topological polar surface area (TPSA) is 20.3 Å². The molecule has 0 atom stereocenters. The van der Waals surface area contributed by atoms with Crippen molar-refractivity contribution in [2.75, 3.05) is 11.4 Å². The minimum atomic E-state index is -0.00245. The van der Waals surface area contributed by atoms with E-state index in [1.807, 2.05) is 30.0 Å². The van der Waals surface area contributed by atoms with Crippen molar-refractivity contribution in [2.24, 2.45) is 0 Å². The van der Waals surface area contributed by atoms with Gasteiger partial charge in [0.2, 0.25) is 0 Å². The number of allylic oxidation sites excluding steroid dienone is 1. The van der Waals surface area contributed by atoms with Crippen LogP contribution in [0.25, 0.3) is 0 Å². The van der Waals surface area contributed by atoms with Gasteiger partial charge in [-0.3, -0.25) is 4.79 Å². The first kappa shape index (κ1) is 13.8. The van der Waals surface area contributed by atoms with Gasteiger partial charge in [-0.15, -0.1) is 0 Å². The van der Waals surface area contributed by atoms with Gasteiger partial charge >= 0.3 is 0 Å². The van der Waals surface area contributed by atoms with Crippen LogP contribution in [-0.4, -0.2) is 12.5 Å². The number of amides is 1. The first-order valence-electron chi connectivity index (χ1n) is 6.15. The number of halogens is 1. The van der Waals surface area contributed by atoms with Gasteiger partial charge in [0.15, 0.2) is 0 Å². The van der Waals surface area contributed by atoms with E-state index >= 15 is 0 Å². The largest absolute Gasteiger partial charge is 0.308 e. The van der Waals surface area contributed by atoms with E-state index in [0.29, 0.717) is 12.1 Å². The molecule has 0 saturated heterocycles. The summed E-state index contributed by atoms with van der Waals surface area (Å²) in [5.74, 6) is -0.00245. The van der Waals surface area contributed by atoms with E-state index < -0.39 is 0 Å². The SMILES string of the molecule is C=CC1=C(C=C)C(=O)N(c2cccc(Br)c2C)CC1. The van der Waals surface area contributed by atoms with E-state index in [0.717, 1.165) is 27.7 Å². The van der Waals surface area contributed by atoms with Crippen LogP contribution in [0.2, 0.25) is 0 Å². The van der Waals surface area contributed by atoms with E-state index in [9.17, 15) is 4.79 Å². The van der Waals surface area contributed by atoms with Crippen molar-refractivity contribution in [3.8, 4) is 0 Å². The summed E-state index contributed by atoms with van der Waals surface area (Å²) in [6, 6.07) is 5.89. The van der Waals surface area contributed by atoms with Crippen molar-refractivity contribution in [3.63, 3.8) is 0 Å². The fraction of sp³-hybridized carbons (Fsp3) is 0.188. The highest BCUT2D eigenvalue weighted by molar-refractivity contribution is 9.10. The Morgan fingerprint density at radius 1 is 1.32 bits per heavy atom. The molecule has 1 heterocycles. The lowest BCUT2D eigenvalue weighted by Crippen LogP contribution is -2.37. The Hall–Kier alpha value is -1.61. The predicted molar refractivity (Wildman–Crippen MR) is 83.3 cm³/mol. The molecule has 0 radical (unpaired) electrons. The normalized spacial score (nSPS) is 15.7. The third kappa shape index (κ3) is 2.43. The number of hydrogen-bond acceptors (Lipinski definition) is 1. The second-order valence-electron chi connectivity index (χ2n) is 4.44. The molecule has 2 nitrogen and oxygen atoms in total. The summed E-state index contributed by atoms with van der Waals surface area (Å²) in [6.45, 7) is 10.2. The standard InChI is InChI=1S/C16H16BrNO/c1-4-12-9-10-18(16(19)13(12)5-2)15-8-6-7-14(17)11(15)3/h4-8H,1-2,9-10H2,3H3. The second-order valence-corrected chi connectivity index (χ2v) is 5.29. The molecule has 2 rings (SSSR count). The van der Waals surface area contributed by atoms with Crippen LogP contribution in [0.3, 0.4) is 0 Å². The molecule has 19 heavy (non-hydrogen) atoms. The molecular weight excluding hydrogens is 302 g/mol. The summed E-state index contributed by atoms with van der Waals surface area (Å²) in [6.07, 6.45) is 4.18. The van der Waals surface area contributed by atoms with E-state index in [1.54, 1.807) is 12.2 Å². The molecule has 1 aromatic carbocycles. The number of hydrogen-bond donors (Lipinski definition) is 0. The number of nitrogens with zero attached hydrogens (tertiary/aromatic N) is 1. The lowest BCUT2D eigenvalue weighted by molar-refractivity contribution is -0.115. The highest BCUT2D eigenvalue weighted by Gasteiger charge is 2.26. The Morgan fingerprint density at radius 3 is 2.68 bits per heavy atom. The number of benzene rings is 1. The third-order valence-corrected chi connectivity index (χ3v) is 4.27. The molecule has 1 aliphatic rings. The Bertz CT molecular complexity index is 586. The zero-order chi connectivity index (χ0) is 14.0. The molecule has 0 aromatic heterocycles. The zero-order valence-corrected chi connectivity index (χ0v) is 12.5. The first-order valence-corrected chi connectivity index (χ1v) is 6.94. The number of anilines is 1. The zero-order valence-electron chi connectivity index (χ0n) is 10.9. The van der Waals surface area contributed by atoms with Crippen LogP contribution in [0.15, 0.2) is 59.1 Å². The summed E-state index contributed by atoms with van der Waals surface area (Å²) >= 11 is 3.50. The molecule has 0 bridgehead atoms. The first-order chi connectivity index (χ1) is 9.10. The maximum atomic E-state index is 12.5. The quantitative estimate of drug-likeness (QED) is 0.819. The average Bonchev–Trinajstić information content (AvgIpc) is 2.42. The van der Waals surface area contributed by atoms with Gasteiger partial charge in [0.25, 0.3) is 5.91 Å².